The van der Waals surface area contributed by atoms with Gasteiger partial charge in [-0.05, 0) is 51.5 Å². The third-order valence-electron chi connectivity index (χ3n) is 3.51. The standard InChI is InChI=1S/C20H29N5O3/c1-5-6-13-27-18-9-7-16(8-10-18)23-24-17-14-22-25(15-17)12-11-21-19(26)28-20(2,3)4/h7-10,14-15H,5-6,11-13H2,1-4H3,(H,21,26). The number of nitrogens with zero attached hydrogens (tertiary/aromatic N) is 4. The van der Waals surface area contributed by atoms with Crippen molar-refractivity contribution in [2.75, 3.05) is 13.2 Å². The van der Waals surface area contributed by atoms with Gasteiger partial charge in [0.25, 0.3) is 0 Å². The summed E-state index contributed by atoms with van der Waals surface area (Å²) in [5, 5.41) is 15.3. The Bertz CT molecular complexity index is 763. The first kappa shape index (κ1) is 21.4. The quantitative estimate of drug-likeness (QED) is 0.484. The molecule has 1 amide bonds. The van der Waals surface area contributed by atoms with Crippen LogP contribution < -0.4 is 10.1 Å². The van der Waals surface area contributed by atoms with Crippen molar-refractivity contribution >= 4 is 17.5 Å². The average molecular weight is 387 g/mol. The molecule has 1 N–H and O–H groups in total. The minimum atomic E-state index is -0.511. The SMILES string of the molecule is CCCCOc1ccc(N=Nc2cnn(CCNC(=O)OC(C)(C)C)c2)cc1. The van der Waals surface area contributed by atoms with Crippen LogP contribution in [0.5, 0.6) is 5.75 Å². The molecule has 1 aromatic heterocycles. The first-order chi connectivity index (χ1) is 13.4. The van der Waals surface area contributed by atoms with E-state index < -0.39 is 11.7 Å². The molecule has 0 aliphatic rings. The van der Waals surface area contributed by atoms with E-state index in [1.54, 1.807) is 17.1 Å². The normalized spacial score (nSPS) is 11.6. The molecule has 0 spiro atoms. The summed E-state index contributed by atoms with van der Waals surface area (Å²) in [5.41, 5.74) is 0.867. The maximum absolute atomic E-state index is 11.6. The molecule has 152 valence electrons. The van der Waals surface area contributed by atoms with Crippen molar-refractivity contribution in [1.82, 2.24) is 15.1 Å². The van der Waals surface area contributed by atoms with Gasteiger partial charge in [-0.15, -0.1) is 5.11 Å². The molecule has 0 unspecified atom stereocenters. The van der Waals surface area contributed by atoms with Crippen LogP contribution in [-0.2, 0) is 11.3 Å². The van der Waals surface area contributed by atoms with E-state index in [9.17, 15) is 4.79 Å². The number of ether oxygens (including phenoxy) is 2. The molecule has 0 saturated heterocycles. The number of carbonyl (C=O) groups is 1. The number of rotatable bonds is 9. The van der Waals surface area contributed by atoms with Crippen molar-refractivity contribution in [2.24, 2.45) is 10.2 Å². The van der Waals surface area contributed by atoms with Gasteiger partial charge in [-0.1, -0.05) is 13.3 Å². The van der Waals surface area contributed by atoms with E-state index in [2.05, 4.69) is 27.6 Å². The molecule has 1 aromatic carbocycles. The largest absolute Gasteiger partial charge is 0.494 e. The Kier molecular flexibility index (Phi) is 7.98. The topological polar surface area (TPSA) is 90.1 Å². The number of nitrogens with one attached hydrogen (secondary N) is 1. The number of azo groups is 1. The van der Waals surface area contributed by atoms with Crippen LogP contribution >= 0.6 is 0 Å². The summed E-state index contributed by atoms with van der Waals surface area (Å²) in [5.74, 6) is 0.831. The molecule has 0 bridgehead atoms. The number of benzene rings is 1. The first-order valence-electron chi connectivity index (χ1n) is 9.49. The molecule has 2 aromatic rings. The molecule has 2 rings (SSSR count). The highest BCUT2D eigenvalue weighted by atomic mass is 16.6. The van der Waals surface area contributed by atoms with Gasteiger partial charge in [-0.2, -0.15) is 10.2 Å². The third-order valence-corrected chi connectivity index (χ3v) is 3.51. The first-order valence-corrected chi connectivity index (χ1v) is 9.49. The Morgan fingerprint density at radius 3 is 2.57 bits per heavy atom. The van der Waals surface area contributed by atoms with Crippen molar-refractivity contribution in [3.05, 3.63) is 36.7 Å². The second kappa shape index (κ2) is 10.4. The highest BCUT2D eigenvalue weighted by molar-refractivity contribution is 5.67. The molecule has 0 aliphatic heterocycles. The van der Waals surface area contributed by atoms with Crippen LogP contribution in [0.3, 0.4) is 0 Å². The smallest absolute Gasteiger partial charge is 0.407 e. The lowest BCUT2D eigenvalue weighted by molar-refractivity contribution is 0.0525. The zero-order valence-electron chi connectivity index (χ0n) is 17.0. The third kappa shape index (κ3) is 8.20. The van der Waals surface area contributed by atoms with Gasteiger partial charge in [0, 0.05) is 6.54 Å². The summed E-state index contributed by atoms with van der Waals surface area (Å²) in [7, 11) is 0. The van der Waals surface area contributed by atoms with Crippen LogP contribution in [0, 0.1) is 0 Å². The molecule has 0 aliphatic carbocycles. The van der Waals surface area contributed by atoms with Crippen LogP contribution in [0.15, 0.2) is 46.9 Å². The number of aromatic nitrogens is 2. The molecule has 0 radical (unpaired) electrons. The van der Waals surface area contributed by atoms with Crippen molar-refractivity contribution in [3.8, 4) is 5.75 Å². The Balaban J connectivity index is 1.78. The lowest BCUT2D eigenvalue weighted by Gasteiger charge is -2.19. The van der Waals surface area contributed by atoms with Gasteiger partial charge in [0.2, 0.25) is 0 Å². The number of hydrogen-bond acceptors (Lipinski definition) is 6. The van der Waals surface area contributed by atoms with E-state index in [-0.39, 0.29) is 0 Å². The van der Waals surface area contributed by atoms with E-state index >= 15 is 0 Å². The fourth-order valence-electron chi connectivity index (χ4n) is 2.17. The van der Waals surface area contributed by atoms with Gasteiger partial charge < -0.3 is 14.8 Å². The van der Waals surface area contributed by atoms with E-state index in [0.717, 1.165) is 30.9 Å². The van der Waals surface area contributed by atoms with Crippen molar-refractivity contribution in [2.45, 2.75) is 52.7 Å². The molecule has 8 heteroatoms. The van der Waals surface area contributed by atoms with Crippen LogP contribution in [0.4, 0.5) is 16.2 Å². The number of amides is 1. The molecule has 28 heavy (non-hydrogen) atoms. The summed E-state index contributed by atoms with van der Waals surface area (Å²) < 4.78 is 12.5. The minimum Gasteiger partial charge on any atom is -0.494 e. The second-order valence-corrected chi connectivity index (χ2v) is 7.29. The van der Waals surface area contributed by atoms with Crippen molar-refractivity contribution in [3.63, 3.8) is 0 Å². The summed E-state index contributed by atoms with van der Waals surface area (Å²) in [6.45, 7) is 9.25. The molecule has 0 atom stereocenters. The molecule has 1 heterocycles. The minimum absolute atomic E-state index is 0.409. The monoisotopic (exact) mass is 387 g/mol. The van der Waals surface area contributed by atoms with Gasteiger partial charge >= 0.3 is 6.09 Å². The van der Waals surface area contributed by atoms with Gasteiger partial charge in [0.15, 0.2) is 0 Å². The maximum Gasteiger partial charge on any atom is 0.407 e. The zero-order chi connectivity index (χ0) is 20.4. The van der Waals surface area contributed by atoms with E-state index in [1.807, 2.05) is 45.0 Å². The number of carbonyl (C=O) groups excluding carboxylic acids is 1. The number of hydrogen-bond donors (Lipinski definition) is 1. The summed E-state index contributed by atoms with van der Waals surface area (Å²) in [6.07, 6.45) is 5.10. The highest BCUT2D eigenvalue weighted by Gasteiger charge is 2.15. The van der Waals surface area contributed by atoms with E-state index in [4.69, 9.17) is 9.47 Å². The van der Waals surface area contributed by atoms with Crippen LogP contribution in [-0.4, -0.2) is 34.6 Å². The van der Waals surface area contributed by atoms with Gasteiger partial charge in [0.05, 0.1) is 31.2 Å². The van der Waals surface area contributed by atoms with E-state index in [0.29, 0.717) is 18.8 Å². The maximum atomic E-state index is 11.6. The predicted octanol–water partition coefficient (Wildman–Crippen LogP) is 5.00. The Labute approximate surface area is 165 Å². The molecule has 0 saturated carbocycles. The Morgan fingerprint density at radius 2 is 1.89 bits per heavy atom. The number of alkyl carbamates (subject to hydrolysis) is 1. The van der Waals surface area contributed by atoms with Crippen molar-refractivity contribution < 1.29 is 14.3 Å². The lowest BCUT2D eigenvalue weighted by Crippen LogP contribution is -2.34. The summed E-state index contributed by atoms with van der Waals surface area (Å²) >= 11 is 0. The van der Waals surface area contributed by atoms with Gasteiger partial charge in [0.1, 0.15) is 17.0 Å². The lowest BCUT2D eigenvalue weighted by atomic mass is 10.2. The Hall–Kier alpha value is -2.90. The van der Waals surface area contributed by atoms with Crippen LogP contribution in [0.25, 0.3) is 0 Å². The van der Waals surface area contributed by atoms with E-state index in [1.165, 1.54) is 0 Å². The predicted molar refractivity (Wildman–Crippen MR) is 107 cm³/mol. The highest BCUT2D eigenvalue weighted by Crippen LogP contribution is 2.21. The molecule has 0 fully saturated rings. The molecule has 8 nitrogen and oxygen atoms in total. The van der Waals surface area contributed by atoms with Crippen molar-refractivity contribution in [1.29, 1.82) is 0 Å². The molecular formula is C20H29N5O3. The Morgan fingerprint density at radius 1 is 1.18 bits per heavy atom. The van der Waals surface area contributed by atoms with Crippen LogP contribution in [0.1, 0.15) is 40.5 Å². The van der Waals surface area contributed by atoms with Crippen LogP contribution in [0.2, 0.25) is 0 Å². The fraction of sp³-hybridized carbons (Fsp3) is 0.500. The summed E-state index contributed by atoms with van der Waals surface area (Å²) in [6, 6.07) is 7.49. The summed E-state index contributed by atoms with van der Waals surface area (Å²) in [4.78, 5) is 11.6. The fourth-order valence-corrected chi connectivity index (χ4v) is 2.17. The van der Waals surface area contributed by atoms with Gasteiger partial charge in [-0.25, -0.2) is 4.79 Å². The average Bonchev–Trinajstić information content (AvgIpc) is 3.07. The zero-order valence-corrected chi connectivity index (χ0v) is 17.0. The molecular weight excluding hydrogens is 358 g/mol. The number of unbranched alkanes of at least 4 members (excludes halogenated alkanes) is 1. The van der Waals surface area contributed by atoms with Gasteiger partial charge in [-0.3, -0.25) is 4.68 Å². The second-order valence-electron chi connectivity index (χ2n) is 7.29.